The van der Waals surface area contributed by atoms with E-state index < -0.39 is 15.9 Å². The molecule has 0 aliphatic carbocycles. The number of aliphatic hydroxyl groups excluding tert-OH is 1. The zero-order chi connectivity index (χ0) is 14.3. The molecule has 0 bridgehead atoms. The van der Waals surface area contributed by atoms with Crippen molar-refractivity contribution in [1.82, 2.24) is 0 Å². The topological polar surface area (TPSA) is 63.6 Å². The van der Waals surface area contributed by atoms with Gasteiger partial charge in [-0.05, 0) is 17.7 Å². The van der Waals surface area contributed by atoms with Gasteiger partial charge in [-0.1, -0.05) is 29.8 Å². The summed E-state index contributed by atoms with van der Waals surface area (Å²) in [7, 11) is -3.38. The fourth-order valence-corrected chi connectivity index (χ4v) is 3.15. The van der Waals surface area contributed by atoms with Crippen molar-refractivity contribution < 1.29 is 18.3 Å². The molecular weight excluding hydrogens is 288 g/mol. The van der Waals surface area contributed by atoms with E-state index in [1.807, 2.05) is 0 Å². The van der Waals surface area contributed by atoms with Crippen LogP contribution in [0.1, 0.15) is 5.56 Å². The van der Waals surface area contributed by atoms with E-state index in [4.69, 9.17) is 16.3 Å². The summed E-state index contributed by atoms with van der Waals surface area (Å²) in [6.45, 7) is 3.72. The molecule has 0 fully saturated rings. The minimum atomic E-state index is -3.38. The summed E-state index contributed by atoms with van der Waals surface area (Å²) < 4.78 is 28.7. The van der Waals surface area contributed by atoms with Crippen LogP contribution in [0.15, 0.2) is 36.9 Å². The van der Waals surface area contributed by atoms with E-state index in [0.29, 0.717) is 10.6 Å². The smallest absolute Gasteiger partial charge is 0.157 e. The van der Waals surface area contributed by atoms with Crippen molar-refractivity contribution in [2.24, 2.45) is 0 Å². The lowest BCUT2D eigenvalue weighted by Crippen LogP contribution is -2.26. The second kappa shape index (κ2) is 7.65. The number of hydrogen-bond acceptors (Lipinski definition) is 4. The van der Waals surface area contributed by atoms with Gasteiger partial charge in [0, 0.05) is 5.02 Å². The Hall–Kier alpha value is -0.880. The number of aliphatic hydroxyl groups is 1. The molecule has 1 aromatic rings. The summed E-state index contributed by atoms with van der Waals surface area (Å²) in [5.41, 5.74) is 0.642. The van der Waals surface area contributed by atoms with Gasteiger partial charge in [0.25, 0.3) is 0 Å². The van der Waals surface area contributed by atoms with Gasteiger partial charge in [-0.25, -0.2) is 8.42 Å². The molecule has 0 heterocycles. The largest absolute Gasteiger partial charge is 0.390 e. The summed E-state index contributed by atoms with van der Waals surface area (Å²) in [5.74, 6) is -0.449. The molecule has 4 nitrogen and oxygen atoms in total. The Morgan fingerprint density at radius 1 is 1.37 bits per heavy atom. The standard InChI is InChI=1S/C13H17ClO4S/c1-2-7-18-8-13(15)10-19(16,17)9-11-3-5-12(14)6-4-11/h2-6,13,15H,1,7-10H2/t13-/m0/s1. The summed E-state index contributed by atoms with van der Waals surface area (Å²) >= 11 is 5.72. The molecule has 0 amide bonds. The van der Waals surface area contributed by atoms with Crippen LogP contribution in [0.25, 0.3) is 0 Å². The highest BCUT2D eigenvalue weighted by molar-refractivity contribution is 7.90. The summed E-state index contributed by atoms with van der Waals surface area (Å²) in [6.07, 6.45) is 0.506. The van der Waals surface area contributed by atoms with E-state index in [9.17, 15) is 13.5 Å². The highest BCUT2D eigenvalue weighted by Crippen LogP contribution is 2.13. The molecule has 0 spiro atoms. The first-order valence-electron chi connectivity index (χ1n) is 5.74. The minimum absolute atomic E-state index is 0.0220. The Bertz CT molecular complexity index is 496. The molecular formula is C13H17ClO4S. The van der Waals surface area contributed by atoms with Gasteiger partial charge in [-0.15, -0.1) is 6.58 Å². The van der Waals surface area contributed by atoms with Crippen LogP contribution < -0.4 is 0 Å². The molecule has 1 N–H and O–H groups in total. The van der Waals surface area contributed by atoms with Crippen molar-refractivity contribution in [2.75, 3.05) is 19.0 Å². The van der Waals surface area contributed by atoms with Crippen LogP contribution in [-0.4, -0.2) is 38.6 Å². The van der Waals surface area contributed by atoms with E-state index in [1.54, 1.807) is 24.3 Å². The Balaban J connectivity index is 2.51. The Morgan fingerprint density at radius 2 is 2.00 bits per heavy atom. The molecule has 19 heavy (non-hydrogen) atoms. The van der Waals surface area contributed by atoms with Crippen molar-refractivity contribution in [3.05, 3.63) is 47.5 Å². The molecule has 0 radical (unpaired) electrons. The van der Waals surface area contributed by atoms with Crippen LogP contribution in [-0.2, 0) is 20.3 Å². The Morgan fingerprint density at radius 3 is 2.58 bits per heavy atom. The van der Waals surface area contributed by atoms with Gasteiger partial charge in [-0.2, -0.15) is 0 Å². The molecule has 1 atom stereocenters. The predicted octanol–water partition coefficient (Wildman–Crippen LogP) is 1.82. The van der Waals surface area contributed by atoms with Gasteiger partial charge >= 0.3 is 0 Å². The molecule has 0 aliphatic rings. The lowest BCUT2D eigenvalue weighted by Gasteiger charge is -2.11. The average Bonchev–Trinajstić information content (AvgIpc) is 2.31. The van der Waals surface area contributed by atoms with Gasteiger partial charge in [-0.3, -0.25) is 0 Å². The molecule has 0 saturated heterocycles. The molecule has 0 aliphatic heterocycles. The molecule has 0 unspecified atom stereocenters. The molecule has 1 aromatic carbocycles. The Labute approximate surface area is 118 Å². The van der Waals surface area contributed by atoms with Crippen molar-refractivity contribution in [3.63, 3.8) is 0 Å². The molecule has 6 heteroatoms. The van der Waals surface area contributed by atoms with Crippen LogP contribution in [0, 0.1) is 0 Å². The van der Waals surface area contributed by atoms with E-state index in [2.05, 4.69) is 6.58 Å². The summed E-state index contributed by atoms with van der Waals surface area (Å²) in [4.78, 5) is 0. The van der Waals surface area contributed by atoms with Crippen molar-refractivity contribution in [3.8, 4) is 0 Å². The van der Waals surface area contributed by atoms with Gasteiger partial charge in [0.1, 0.15) is 0 Å². The minimum Gasteiger partial charge on any atom is -0.390 e. The first-order valence-corrected chi connectivity index (χ1v) is 7.94. The fourth-order valence-electron chi connectivity index (χ4n) is 1.52. The van der Waals surface area contributed by atoms with Crippen LogP contribution in [0.4, 0.5) is 0 Å². The zero-order valence-corrected chi connectivity index (χ0v) is 12.0. The maximum Gasteiger partial charge on any atom is 0.157 e. The highest BCUT2D eigenvalue weighted by Gasteiger charge is 2.18. The first-order chi connectivity index (χ1) is 8.93. The highest BCUT2D eigenvalue weighted by atomic mass is 35.5. The SMILES string of the molecule is C=CCOC[C@H](O)CS(=O)(=O)Cc1ccc(Cl)cc1. The third-order valence-electron chi connectivity index (χ3n) is 2.29. The van der Waals surface area contributed by atoms with E-state index >= 15 is 0 Å². The predicted molar refractivity (Wildman–Crippen MR) is 76.0 cm³/mol. The maximum atomic E-state index is 11.9. The third-order valence-corrected chi connectivity index (χ3v) is 4.21. The fraction of sp³-hybridized carbons (Fsp3) is 0.385. The molecule has 106 valence electrons. The number of rotatable bonds is 8. The summed E-state index contributed by atoms with van der Waals surface area (Å²) in [6, 6.07) is 6.58. The van der Waals surface area contributed by atoms with Gasteiger partial charge in [0.15, 0.2) is 9.84 Å². The van der Waals surface area contributed by atoms with Crippen LogP contribution >= 0.6 is 11.6 Å². The second-order valence-electron chi connectivity index (χ2n) is 4.16. The Kier molecular flexibility index (Phi) is 6.51. The molecule has 0 aromatic heterocycles. The maximum absolute atomic E-state index is 11.9. The lowest BCUT2D eigenvalue weighted by molar-refractivity contribution is 0.0616. The number of hydrogen-bond donors (Lipinski definition) is 1. The van der Waals surface area contributed by atoms with E-state index in [-0.39, 0.29) is 24.7 Å². The van der Waals surface area contributed by atoms with Crippen molar-refractivity contribution >= 4 is 21.4 Å². The normalized spacial score (nSPS) is 13.2. The third kappa shape index (κ3) is 6.73. The molecule has 0 saturated carbocycles. The number of benzene rings is 1. The zero-order valence-electron chi connectivity index (χ0n) is 10.5. The van der Waals surface area contributed by atoms with Gasteiger partial charge in [0.2, 0.25) is 0 Å². The van der Waals surface area contributed by atoms with Gasteiger partial charge in [0.05, 0.1) is 30.8 Å². The summed E-state index contributed by atoms with van der Waals surface area (Å²) in [5, 5.41) is 10.1. The van der Waals surface area contributed by atoms with Crippen molar-refractivity contribution in [2.45, 2.75) is 11.9 Å². The van der Waals surface area contributed by atoms with E-state index in [1.165, 1.54) is 6.08 Å². The van der Waals surface area contributed by atoms with E-state index in [0.717, 1.165) is 0 Å². The quantitative estimate of drug-likeness (QED) is 0.588. The van der Waals surface area contributed by atoms with Crippen LogP contribution in [0.3, 0.4) is 0 Å². The van der Waals surface area contributed by atoms with Crippen LogP contribution in [0.5, 0.6) is 0 Å². The van der Waals surface area contributed by atoms with Crippen molar-refractivity contribution in [1.29, 1.82) is 0 Å². The number of ether oxygens (including phenoxy) is 1. The second-order valence-corrected chi connectivity index (χ2v) is 6.71. The molecule has 1 rings (SSSR count). The first kappa shape index (κ1) is 16.2. The van der Waals surface area contributed by atoms with Crippen LogP contribution in [0.2, 0.25) is 5.02 Å². The lowest BCUT2D eigenvalue weighted by atomic mass is 10.2. The number of halogens is 1. The number of sulfone groups is 1. The monoisotopic (exact) mass is 304 g/mol. The van der Waals surface area contributed by atoms with Gasteiger partial charge < -0.3 is 9.84 Å². The average molecular weight is 305 g/mol.